The van der Waals surface area contributed by atoms with Gasteiger partial charge in [-0.1, -0.05) is 12.8 Å². The fourth-order valence-corrected chi connectivity index (χ4v) is 2.69. The van der Waals surface area contributed by atoms with Gasteiger partial charge in [0.1, 0.15) is 0 Å². The Balaban J connectivity index is 2.37. The van der Waals surface area contributed by atoms with Gasteiger partial charge in [0.15, 0.2) is 0 Å². The molecule has 0 saturated heterocycles. The second kappa shape index (κ2) is 8.51. The molecule has 0 spiro atoms. The van der Waals surface area contributed by atoms with Crippen LogP contribution in [0, 0.1) is 0 Å². The molecule has 0 aliphatic heterocycles. The summed E-state index contributed by atoms with van der Waals surface area (Å²) in [6.07, 6.45) is 5.44. The number of nitrogens with zero attached hydrogens (tertiary/aromatic N) is 1. The zero-order chi connectivity index (χ0) is 14.3. The molecule has 1 saturated carbocycles. The van der Waals surface area contributed by atoms with Gasteiger partial charge in [-0.05, 0) is 33.2 Å². The lowest BCUT2D eigenvalue weighted by atomic mass is 9.89. The second-order valence-electron chi connectivity index (χ2n) is 5.49. The lowest BCUT2D eigenvalue weighted by molar-refractivity contribution is -0.126. The third-order valence-electron chi connectivity index (χ3n) is 4.12. The predicted octanol–water partition coefficient (Wildman–Crippen LogP) is 0.729. The molecule has 0 aromatic carbocycles. The molecular weight excluding hydrogens is 242 g/mol. The van der Waals surface area contributed by atoms with Crippen molar-refractivity contribution in [2.45, 2.75) is 57.2 Å². The van der Waals surface area contributed by atoms with E-state index in [1.807, 2.05) is 14.0 Å². The number of rotatable bonds is 7. The van der Waals surface area contributed by atoms with E-state index in [9.17, 15) is 4.79 Å². The largest absolute Gasteiger partial charge is 0.385 e. The summed E-state index contributed by atoms with van der Waals surface area (Å²) in [6, 6.07) is 0.396. The highest BCUT2D eigenvalue weighted by atomic mass is 16.5. The van der Waals surface area contributed by atoms with Gasteiger partial charge < -0.3 is 15.8 Å². The minimum absolute atomic E-state index is 0.0800. The Morgan fingerprint density at radius 1 is 1.47 bits per heavy atom. The Morgan fingerprint density at radius 3 is 2.79 bits per heavy atom. The predicted molar refractivity (Wildman–Crippen MR) is 77.0 cm³/mol. The number of carbonyl (C=O) groups is 1. The van der Waals surface area contributed by atoms with Crippen LogP contribution in [0.15, 0.2) is 0 Å². The van der Waals surface area contributed by atoms with Crippen molar-refractivity contribution in [1.82, 2.24) is 10.2 Å². The van der Waals surface area contributed by atoms with Crippen molar-refractivity contribution < 1.29 is 9.53 Å². The van der Waals surface area contributed by atoms with E-state index in [-0.39, 0.29) is 18.0 Å². The molecule has 0 heterocycles. The average molecular weight is 271 g/mol. The number of likely N-dealkylation sites (N-methyl/N-ethyl adjacent to an activating group) is 1. The van der Waals surface area contributed by atoms with Crippen LogP contribution in [-0.2, 0) is 9.53 Å². The molecule has 1 aliphatic carbocycles. The Labute approximate surface area is 116 Å². The maximum atomic E-state index is 12.1. The van der Waals surface area contributed by atoms with Crippen molar-refractivity contribution in [3.8, 4) is 0 Å². The van der Waals surface area contributed by atoms with Crippen molar-refractivity contribution in [3.05, 3.63) is 0 Å². The number of hydrogen-bond donors (Lipinski definition) is 2. The first kappa shape index (κ1) is 16.4. The van der Waals surface area contributed by atoms with Crippen LogP contribution in [0.5, 0.6) is 0 Å². The first-order valence-corrected chi connectivity index (χ1v) is 7.32. The summed E-state index contributed by atoms with van der Waals surface area (Å²) in [5, 5.41) is 2.95. The van der Waals surface area contributed by atoms with Crippen LogP contribution in [0.3, 0.4) is 0 Å². The molecule has 1 fully saturated rings. The number of nitrogens with two attached hydrogens (primary N) is 1. The third-order valence-corrected chi connectivity index (χ3v) is 4.12. The number of nitrogens with one attached hydrogen (secondary N) is 1. The normalized spacial score (nSPS) is 25.3. The molecule has 19 heavy (non-hydrogen) atoms. The Morgan fingerprint density at radius 2 is 2.16 bits per heavy atom. The summed E-state index contributed by atoms with van der Waals surface area (Å²) in [6.45, 7) is 3.30. The molecule has 5 heteroatoms. The van der Waals surface area contributed by atoms with Crippen LogP contribution >= 0.6 is 0 Å². The van der Waals surface area contributed by atoms with Crippen molar-refractivity contribution in [3.63, 3.8) is 0 Å². The van der Waals surface area contributed by atoms with Crippen LogP contribution in [-0.4, -0.2) is 56.2 Å². The van der Waals surface area contributed by atoms with Crippen LogP contribution in [0.25, 0.3) is 0 Å². The van der Waals surface area contributed by atoms with Gasteiger partial charge in [0.2, 0.25) is 5.91 Å². The Bertz CT molecular complexity index is 273. The van der Waals surface area contributed by atoms with Crippen LogP contribution in [0.2, 0.25) is 0 Å². The minimum Gasteiger partial charge on any atom is -0.385 e. The molecule has 0 aromatic rings. The van der Waals surface area contributed by atoms with E-state index in [4.69, 9.17) is 10.5 Å². The Hall–Kier alpha value is -0.650. The zero-order valence-electron chi connectivity index (χ0n) is 12.5. The zero-order valence-corrected chi connectivity index (χ0v) is 12.5. The maximum Gasteiger partial charge on any atom is 0.237 e. The first-order valence-electron chi connectivity index (χ1n) is 7.32. The molecule has 1 amide bonds. The molecule has 3 unspecified atom stereocenters. The molecule has 1 aliphatic rings. The molecule has 3 N–H and O–H groups in total. The van der Waals surface area contributed by atoms with Crippen molar-refractivity contribution in [2.75, 3.05) is 27.3 Å². The van der Waals surface area contributed by atoms with Gasteiger partial charge in [0, 0.05) is 32.3 Å². The number of hydrogen-bond acceptors (Lipinski definition) is 4. The number of ether oxygens (including phenoxy) is 1. The highest BCUT2D eigenvalue weighted by Gasteiger charge is 2.30. The summed E-state index contributed by atoms with van der Waals surface area (Å²) >= 11 is 0. The number of amides is 1. The van der Waals surface area contributed by atoms with E-state index >= 15 is 0 Å². The first-order chi connectivity index (χ1) is 9.07. The van der Waals surface area contributed by atoms with E-state index in [2.05, 4.69) is 10.2 Å². The van der Waals surface area contributed by atoms with Gasteiger partial charge in [0.05, 0.1) is 6.04 Å². The molecule has 0 aromatic heterocycles. The number of methoxy groups -OCH3 is 1. The van der Waals surface area contributed by atoms with Crippen LogP contribution < -0.4 is 11.1 Å². The fraction of sp³-hybridized carbons (Fsp3) is 0.929. The average Bonchev–Trinajstić information content (AvgIpc) is 2.42. The molecule has 0 radical (unpaired) electrons. The van der Waals surface area contributed by atoms with Gasteiger partial charge in [-0.15, -0.1) is 0 Å². The fourth-order valence-electron chi connectivity index (χ4n) is 2.69. The van der Waals surface area contributed by atoms with E-state index in [0.29, 0.717) is 19.2 Å². The molecule has 1 rings (SSSR count). The molecule has 0 bridgehead atoms. The van der Waals surface area contributed by atoms with Crippen LogP contribution in [0.1, 0.15) is 39.0 Å². The Kier molecular flexibility index (Phi) is 7.34. The SMILES string of the molecule is COCCCNC(=O)C(C)N(C)C1CCCCC1N. The smallest absolute Gasteiger partial charge is 0.237 e. The molecule has 3 atom stereocenters. The lowest BCUT2D eigenvalue weighted by Gasteiger charge is -2.38. The van der Waals surface area contributed by atoms with Crippen molar-refractivity contribution in [2.24, 2.45) is 5.73 Å². The van der Waals surface area contributed by atoms with E-state index in [0.717, 1.165) is 19.3 Å². The monoisotopic (exact) mass is 271 g/mol. The second-order valence-corrected chi connectivity index (χ2v) is 5.49. The van der Waals surface area contributed by atoms with Crippen molar-refractivity contribution >= 4 is 5.91 Å². The molecular formula is C14H29N3O2. The topological polar surface area (TPSA) is 67.6 Å². The third kappa shape index (κ3) is 5.09. The summed E-state index contributed by atoms with van der Waals surface area (Å²) < 4.78 is 4.96. The summed E-state index contributed by atoms with van der Waals surface area (Å²) in [5.41, 5.74) is 6.17. The van der Waals surface area contributed by atoms with E-state index < -0.39 is 0 Å². The highest BCUT2D eigenvalue weighted by molar-refractivity contribution is 5.81. The van der Waals surface area contributed by atoms with Crippen LogP contribution in [0.4, 0.5) is 0 Å². The van der Waals surface area contributed by atoms with Gasteiger partial charge in [-0.2, -0.15) is 0 Å². The quantitative estimate of drug-likeness (QED) is 0.670. The molecule has 112 valence electrons. The number of carbonyl (C=O) groups excluding carboxylic acids is 1. The highest BCUT2D eigenvalue weighted by Crippen LogP contribution is 2.22. The lowest BCUT2D eigenvalue weighted by Crippen LogP contribution is -2.54. The van der Waals surface area contributed by atoms with Gasteiger partial charge in [0.25, 0.3) is 0 Å². The summed E-state index contributed by atoms with van der Waals surface area (Å²) in [7, 11) is 3.68. The summed E-state index contributed by atoms with van der Waals surface area (Å²) in [5.74, 6) is 0.0800. The maximum absolute atomic E-state index is 12.1. The molecule has 5 nitrogen and oxygen atoms in total. The van der Waals surface area contributed by atoms with E-state index in [1.165, 1.54) is 12.8 Å². The van der Waals surface area contributed by atoms with Crippen molar-refractivity contribution in [1.29, 1.82) is 0 Å². The van der Waals surface area contributed by atoms with Gasteiger partial charge >= 0.3 is 0 Å². The van der Waals surface area contributed by atoms with Gasteiger partial charge in [-0.25, -0.2) is 0 Å². The minimum atomic E-state index is -0.128. The summed E-state index contributed by atoms with van der Waals surface area (Å²) in [4.78, 5) is 14.2. The standard InChI is InChI=1S/C14H29N3O2/c1-11(14(18)16-9-6-10-19-3)17(2)13-8-5-4-7-12(13)15/h11-13H,4-10,15H2,1-3H3,(H,16,18). The van der Waals surface area contributed by atoms with Gasteiger partial charge in [-0.3, -0.25) is 9.69 Å². The van der Waals surface area contributed by atoms with E-state index in [1.54, 1.807) is 7.11 Å².